The lowest BCUT2D eigenvalue weighted by Crippen LogP contribution is -2.37. The molecule has 2 unspecified atom stereocenters. The summed E-state index contributed by atoms with van der Waals surface area (Å²) in [5.74, 6) is 0.837. The van der Waals surface area contributed by atoms with E-state index in [9.17, 15) is 4.79 Å². The van der Waals surface area contributed by atoms with Gasteiger partial charge in [0.15, 0.2) is 0 Å². The Labute approximate surface area is 104 Å². The van der Waals surface area contributed by atoms with E-state index in [4.69, 9.17) is 0 Å². The van der Waals surface area contributed by atoms with Gasteiger partial charge in [-0.3, -0.25) is 4.79 Å². The average molecular weight is 243 g/mol. The number of nitrogens with zero attached hydrogens (tertiary/aromatic N) is 3. The Morgan fingerprint density at radius 3 is 2.94 bits per heavy atom. The van der Waals surface area contributed by atoms with Crippen LogP contribution in [-0.4, -0.2) is 33.7 Å². The van der Waals surface area contributed by atoms with Gasteiger partial charge in [0.1, 0.15) is 11.0 Å². The molecule has 1 saturated carbocycles. The Balaban J connectivity index is 1.67. The van der Waals surface area contributed by atoms with Crippen LogP contribution in [0.4, 0.5) is 0 Å². The van der Waals surface area contributed by atoms with E-state index in [-0.39, 0.29) is 5.91 Å². The van der Waals surface area contributed by atoms with Crippen LogP contribution in [0.3, 0.4) is 0 Å². The molecule has 18 heavy (non-hydrogen) atoms. The van der Waals surface area contributed by atoms with Crippen LogP contribution in [0.5, 0.6) is 0 Å². The highest BCUT2D eigenvalue weighted by Gasteiger charge is 2.40. The molecule has 1 aliphatic heterocycles. The maximum Gasteiger partial charge on any atom is 0.254 e. The predicted octanol–water partition coefficient (Wildman–Crippen LogP) is 1.85. The second-order valence-electron chi connectivity index (χ2n) is 5.26. The second kappa shape index (κ2) is 3.54. The van der Waals surface area contributed by atoms with Gasteiger partial charge in [-0.05, 0) is 53.7 Å². The molecule has 2 atom stereocenters. The number of fused-ring (bicyclic) bond motifs is 3. The highest BCUT2D eigenvalue weighted by Crippen LogP contribution is 2.38. The molecule has 0 spiro atoms. The average Bonchev–Trinajstić information content (AvgIpc) is 3.12. The number of hydrogen-bond acceptors (Lipinski definition) is 4. The zero-order chi connectivity index (χ0) is 12.1. The maximum atomic E-state index is 12.4. The summed E-state index contributed by atoms with van der Waals surface area (Å²) in [5.41, 5.74) is 2.02. The van der Waals surface area contributed by atoms with Gasteiger partial charge in [0.05, 0.1) is 0 Å². The summed E-state index contributed by atoms with van der Waals surface area (Å²) < 4.78 is 4.65. The Morgan fingerprint density at radius 1 is 1.28 bits per heavy atom. The highest BCUT2D eigenvalue weighted by atomic mass is 16.6. The van der Waals surface area contributed by atoms with E-state index in [1.807, 2.05) is 4.90 Å². The fourth-order valence-electron chi connectivity index (χ4n) is 3.25. The minimum atomic E-state index is 0.118. The third kappa shape index (κ3) is 1.36. The first-order valence-electron chi connectivity index (χ1n) is 6.34. The zero-order valence-electron chi connectivity index (χ0n) is 9.87. The maximum absolute atomic E-state index is 12.4. The lowest BCUT2D eigenvalue weighted by atomic mass is 10.1. The molecule has 4 rings (SSSR count). The molecule has 2 aliphatic rings. The Hall–Kier alpha value is -1.91. The summed E-state index contributed by atoms with van der Waals surface area (Å²) in [5, 5.41) is 7.52. The summed E-state index contributed by atoms with van der Waals surface area (Å²) in [4.78, 5) is 14.5. The standard InChI is InChI=1S/C13H13N3O2/c17-13(16-7-8-1-3-10(16)5-8)9-2-4-11-12(6-9)15-18-14-11/h2,4,6,8,10H,1,3,5,7H2. The van der Waals surface area contributed by atoms with Gasteiger partial charge in [-0.2, -0.15) is 0 Å². The van der Waals surface area contributed by atoms with Crippen LogP contribution in [0.2, 0.25) is 0 Å². The summed E-state index contributed by atoms with van der Waals surface area (Å²) in [6.07, 6.45) is 3.62. The highest BCUT2D eigenvalue weighted by molar-refractivity contribution is 5.97. The van der Waals surface area contributed by atoms with E-state index in [0.717, 1.165) is 18.9 Å². The Kier molecular flexibility index (Phi) is 1.98. The number of amides is 1. The van der Waals surface area contributed by atoms with Crippen molar-refractivity contribution in [2.24, 2.45) is 5.92 Å². The first-order chi connectivity index (χ1) is 8.81. The van der Waals surface area contributed by atoms with Crippen molar-refractivity contribution in [3.05, 3.63) is 23.8 Å². The number of carbonyl (C=O) groups is 1. The summed E-state index contributed by atoms with van der Waals surface area (Å²) in [6.45, 7) is 0.915. The number of likely N-dealkylation sites (tertiary alicyclic amines) is 1. The smallest absolute Gasteiger partial charge is 0.254 e. The van der Waals surface area contributed by atoms with E-state index in [2.05, 4.69) is 14.9 Å². The molecule has 5 heteroatoms. The molecule has 2 heterocycles. The van der Waals surface area contributed by atoms with Crippen molar-refractivity contribution in [2.45, 2.75) is 25.3 Å². The van der Waals surface area contributed by atoms with Gasteiger partial charge < -0.3 is 4.90 Å². The van der Waals surface area contributed by atoms with Gasteiger partial charge in [-0.1, -0.05) is 0 Å². The lowest BCUT2D eigenvalue weighted by molar-refractivity contribution is 0.0704. The van der Waals surface area contributed by atoms with Crippen molar-refractivity contribution in [3.63, 3.8) is 0 Å². The minimum absolute atomic E-state index is 0.118. The fourth-order valence-corrected chi connectivity index (χ4v) is 3.25. The molecular weight excluding hydrogens is 230 g/mol. The quantitative estimate of drug-likeness (QED) is 0.767. The van der Waals surface area contributed by atoms with Gasteiger partial charge in [0.2, 0.25) is 0 Å². The minimum Gasteiger partial charge on any atom is -0.335 e. The van der Waals surface area contributed by atoms with Crippen LogP contribution in [0.1, 0.15) is 29.6 Å². The SMILES string of the molecule is O=C(c1ccc2nonc2c1)N1CC2CCC1C2. The topological polar surface area (TPSA) is 59.2 Å². The third-order valence-corrected chi connectivity index (χ3v) is 4.17. The molecule has 0 radical (unpaired) electrons. The van der Waals surface area contributed by atoms with Crippen molar-refractivity contribution >= 4 is 16.9 Å². The third-order valence-electron chi connectivity index (χ3n) is 4.17. The molecule has 92 valence electrons. The van der Waals surface area contributed by atoms with Gasteiger partial charge >= 0.3 is 0 Å². The molecule has 1 amide bonds. The van der Waals surface area contributed by atoms with Gasteiger partial charge in [-0.25, -0.2) is 4.63 Å². The normalized spacial score (nSPS) is 26.1. The first-order valence-corrected chi connectivity index (χ1v) is 6.34. The summed E-state index contributed by atoms with van der Waals surface area (Å²) in [6, 6.07) is 5.81. The monoisotopic (exact) mass is 243 g/mol. The molecule has 0 N–H and O–H groups in total. The van der Waals surface area contributed by atoms with E-state index >= 15 is 0 Å². The number of benzene rings is 1. The van der Waals surface area contributed by atoms with E-state index in [0.29, 0.717) is 22.6 Å². The van der Waals surface area contributed by atoms with Crippen LogP contribution >= 0.6 is 0 Å². The van der Waals surface area contributed by atoms with E-state index in [1.165, 1.54) is 12.8 Å². The van der Waals surface area contributed by atoms with Crippen LogP contribution in [-0.2, 0) is 0 Å². The van der Waals surface area contributed by atoms with Crippen molar-refractivity contribution in [1.29, 1.82) is 0 Å². The number of piperidine rings is 1. The largest absolute Gasteiger partial charge is 0.335 e. The van der Waals surface area contributed by atoms with Crippen LogP contribution in [0, 0.1) is 5.92 Å². The van der Waals surface area contributed by atoms with Crippen LogP contribution in [0.25, 0.3) is 11.0 Å². The number of carbonyl (C=O) groups excluding carboxylic acids is 1. The fraction of sp³-hybridized carbons (Fsp3) is 0.462. The first kappa shape index (κ1) is 10.1. The van der Waals surface area contributed by atoms with Gasteiger partial charge in [0.25, 0.3) is 5.91 Å². The van der Waals surface area contributed by atoms with Crippen molar-refractivity contribution in [3.8, 4) is 0 Å². The number of rotatable bonds is 1. The van der Waals surface area contributed by atoms with Gasteiger partial charge in [0, 0.05) is 18.2 Å². The Bertz CT molecular complexity index is 621. The van der Waals surface area contributed by atoms with E-state index in [1.54, 1.807) is 18.2 Å². The van der Waals surface area contributed by atoms with Gasteiger partial charge in [-0.15, -0.1) is 0 Å². The van der Waals surface area contributed by atoms with E-state index < -0.39 is 0 Å². The summed E-state index contributed by atoms with van der Waals surface area (Å²) >= 11 is 0. The van der Waals surface area contributed by atoms with Crippen LogP contribution in [0.15, 0.2) is 22.8 Å². The van der Waals surface area contributed by atoms with Crippen molar-refractivity contribution in [1.82, 2.24) is 15.2 Å². The van der Waals surface area contributed by atoms with Crippen molar-refractivity contribution in [2.75, 3.05) is 6.54 Å². The molecule has 1 aromatic heterocycles. The zero-order valence-corrected chi connectivity index (χ0v) is 9.87. The second-order valence-corrected chi connectivity index (χ2v) is 5.26. The summed E-state index contributed by atoms with van der Waals surface area (Å²) in [7, 11) is 0. The predicted molar refractivity (Wildman–Crippen MR) is 64.0 cm³/mol. The Morgan fingerprint density at radius 2 is 2.17 bits per heavy atom. The molecule has 1 aromatic carbocycles. The molecular formula is C13H13N3O2. The molecule has 2 fully saturated rings. The molecule has 2 bridgehead atoms. The molecule has 1 aliphatic carbocycles. The lowest BCUT2D eigenvalue weighted by Gasteiger charge is -2.27. The number of hydrogen-bond donors (Lipinski definition) is 0. The van der Waals surface area contributed by atoms with Crippen LogP contribution < -0.4 is 0 Å². The molecule has 5 nitrogen and oxygen atoms in total. The van der Waals surface area contributed by atoms with Crippen molar-refractivity contribution < 1.29 is 9.42 Å². The molecule has 1 saturated heterocycles. The molecule has 2 aromatic rings. The number of aromatic nitrogens is 2.